The Hall–Kier alpha value is -1.19. The molecule has 0 unspecified atom stereocenters. The van der Waals surface area contributed by atoms with Crippen molar-refractivity contribution in [2.75, 3.05) is 0 Å². The van der Waals surface area contributed by atoms with E-state index < -0.39 is 5.82 Å². The Morgan fingerprint density at radius 3 is 2.83 bits per heavy atom. The van der Waals surface area contributed by atoms with E-state index in [-0.39, 0.29) is 17.2 Å². The molecule has 0 atom stereocenters. The van der Waals surface area contributed by atoms with Crippen molar-refractivity contribution in [2.45, 2.75) is 19.8 Å². The molecular formula is C14H12ClFOS. The van der Waals surface area contributed by atoms with Gasteiger partial charge >= 0.3 is 0 Å². The maximum atomic E-state index is 13.3. The van der Waals surface area contributed by atoms with Gasteiger partial charge in [-0.05, 0) is 35.1 Å². The van der Waals surface area contributed by atoms with E-state index in [1.54, 1.807) is 12.1 Å². The summed E-state index contributed by atoms with van der Waals surface area (Å²) >= 11 is 7.27. The van der Waals surface area contributed by atoms with Crippen LogP contribution in [0.4, 0.5) is 4.39 Å². The first kappa shape index (κ1) is 13.2. The third kappa shape index (κ3) is 2.62. The van der Waals surface area contributed by atoms with Gasteiger partial charge in [-0.3, -0.25) is 4.79 Å². The fourth-order valence-corrected chi connectivity index (χ4v) is 2.93. The zero-order valence-corrected chi connectivity index (χ0v) is 11.4. The Bertz CT molecular complexity index is 577. The third-order valence-corrected chi connectivity index (χ3v) is 4.18. The van der Waals surface area contributed by atoms with E-state index in [1.165, 1.54) is 17.4 Å². The van der Waals surface area contributed by atoms with Gasteiger partial charge in [-0.25, -0.2) is 4.39 Å². The molecule has 0 saturated heterocycles. The van der Waals surface area contributed by atoms with Gasteiger partial charge < -0.3 is 0 Å². The molecule has 94 valence electrons. The minimum absolute atomic E-state index is 0.00523. The first-order chi connectivity index (χ1) is 8.63. The van der Waals surface area contributed by atoms with Crippen LogP contribution in [0.1, 0.15) is 27.7 Å². The van der Waals surface area contributed by atoms with Crippen LogP contribution in [0.5, 0.6) is 0 Å². The van der Waals surface area contributed by atoms with Crippen molar-refractivity contribution in [3.8, 4) is 0 Å². The number of Topliss-reactive ketones (excluding diaryl/α,β-unsaturated/α-hetero) is 1. The largest absolute Gasteiger partial charge is 0.293 e. The van der Waals surface area contributed by atoms with Crippen molar-refractivity contribution < 1.29 is 9.18 Å². The van der Waals surface area contributed by atoms with E-state index in [9.17, 15) is 9.18 Å². The number of carbonyl (C=O) groups is 1. The highest BCUT2D eigenvalue weighted by Crippen LogP contribution is 2.24. The van der Waals surface area contributed by atoms with E-state index in [4.69, 9.17) is 11.6 Å². The predicted octanol–water partition coefficient (Wildman–Crippen LogP) is 4.53. The van der Waals surface area contributed by atoms with Gasteiger partial charge in [0.05, 0.1) is 9.90 Å². The quantitative estimate of drug-likeness (QED) is 0.753. The van der Waals surface area contributed by atoms with Gasteiger partial charge in [0.1, 0.15) is 5.82 Å². The maximum absolute atomic E-state index is 13.3. The molecule has 2 aromatic rings. The highest BCUT2D eigenvalue weighted by molar-refractivity contribution is 7.12. The minimum atomic E-state index is -0.483. The molecule has 0 aliphatic heterocycles. The lowest BCUT2D eigenvalue weighted by molar-refractivity contribution is 0.0996. The SMILES string of the molecule is CCc1ccsc1C(=O)Cc1cccc(F)c1Cl. The van der Waals surface area contributed by atoms with Crippen molar-refractivity contribution in [1.29, 1.82) is 0 Å². The van der Waals surface area contributed by atoms with Gasteiger partial charge in [-0.1, -0.05) is 30.7 Å². The molecule has 0 fully saturated rings. The number of carbonyl (C=O) groups excluding carboxylic acids is 1. The average Bonchev–Trinajstić information content (AvgIpc) is 2.83. The molecule has 2 rings (SSSR count). The van der Waals surface area contributed by atoms with Crippen LogP contribution in [-0.2, 0) is 12.8 Å². The molecule has 1 aromatic carbocycles. The normalized spacial score (nSPS) is 10.6. The maximum Gasteiger partial charge on any atom is 0.177 e. The van der Waals surface area contributed by atoms with Crippen LogP contribution in [0.2, 0.25) is 5.02 Å². The van der Waals surface area contributed by atoms with Gasteiger partial charge in [0, 0.05) is 6.42 Å². The number of rotatable bonds is 4. The highest BCUT2D eigenvalue weighted by atomic mass is 35.5. The van der Waals surface area contributed by atoms with Gasteiger partial charge in [0.25, 0.3) is 0 Å². The van der Waals surface area contributed by atoms with Gasteiger partial charge in [-0.2, -0.15) is 0 Å². The molecule has 0 aliphatic rings. The molecule has 18 heavy (non-hydrogen) atoms. The molecule has 1 nitrogen and oxygen atoms in total. The Kier molecular flexibility index (Phi) is 4.15. The number of ketones is 1. The van der Waals surface area contributed by atoms with Crippen molar-refractivity contribution in [3.63, 3.8) is 0 Å². The van der Waals surface area contributed by atoms with Crippen LogP contribution in [0, 0.1) is 5.82 Å². The first-order valence-electron chi connectivity index (χ1n) is 5.66. The summed E-state index contributed by atoms with van der Waals surface area (Å²) in [6, 6.07) is 6.49. The summed E-state index contributed by atoms with van der Waals surface area (Å²) in [7, 11) is 0. The molecule has 0 spiro atoms. The number of hydrogen-bond acceptors (Lipinski definition) is 2. The molecule has 0 bridgehead atoms. The highest BCUT2D eigenvalue weighted by Gasteiger charge is 2.15. The van der Waals surface area contributed by atoms with E-state index >= 15 is 0 Å². The summed E-state index contributed by atoms with van der Waals surface area (Å²) in [5.74, 6) is -0.488. The molecule has 0 saturated carbocycles. The van der Waals surface area contributed by atoms with E-state index in [0.29, 0.717) is 5.56 Å². The second-order valence-electron chi connectivity index (χ2n) is 3.94. The van der Waals surface area contributed by atoms with Crippen LogP contribution in [0.25, 0.3) is 0 Å². The van der Waals surface area contributed by atoms with Crippen LogP contribution in [0.15, 0.2) is 29.6 Å². The smallest absolute Gasteiger partial charge is 0.177 e. The first-order valence-corrected chi connectivity index (χ1v) is 6.91. The van der Waals surface area contributed by atoms with E-state index in [1.807, 2.05) is 18.4 Å². The second-order valence-corrected chi connectivity index (χ2v) is 5.24. The van der Waals surface area contributed by atoms with Crippen molar-refractivity contribution in [2.24, 2.45) is 0 Å². The molecule has 1 aromatic heterocycles. The Morgan fingerprint density at radius 2 is 2.11 bits per heavy atom. The number of benzene rings is 1. The van der Waals surface area contributed by atoms with Gasteiger partial charge in [-0.15, -0.1) is 11.3 Å². The minimum Gasteiger partial charge on any atom is -0.293 e. The van der Waals surface area contributed by atoms with Crippen LogP contribution in [0.3, 0.4) is 0 Å². The third-order valence-electron chi connectivity index (χ3n) is 2.76. The Labute approximate surface area is 114 Å². The molecule has 1 heterocycles. The van der Waals surface area contributed by atoms with Crippen molar-refractivity contribution in [1.82, 2.24) is 0 Å². The number of halogens is 2. The molecular weight excluding hydrogens is 271 g/mol. The van der Waals surface area contributed by atoms with Crippen LogP contribution < -0.4 is 0 Å². The summed E-state index contributed by atoms with van der Waals surface area (Å²) in [6.07, 6.45) is 0.964. The van der Waals surface area contributed by atoms with Gasteiger partial charge in [0.2, 0.25) is 0 Å². The lowest BCUT2D eigenvalue weighted by Gasteiger charge is -2.04. The Morgan fingerprint density at radius 1 is 1.33 bits per heavy atom. The van der Waals surface area contributed by atoms with Crippen LogP contribution >= 0.6 is 22.9 Å². The van der Waals surface area contributed by atoms with E-state index in [0.717, 1.165) is 16.9 Å². The average molecular weight is 283 g/mol. The molecule has 0 amide bonds. The number of hydrogen-bond donors (Lipinski definition) is 0. The summed E-state index contributed by atoms with van der Waals surface area (Å²) in [5, 5.41) is 1.94. The van der Waals surface area contributed by atoms with Crippen molar-refractivity contribution >= 4 is 28.7 Å². The van der Waals surface area contributed by atoms with Crippen molar-refractivity contribution in [3.05, 3.63) is 56.5 Å². The fourth-order valence-electron chi connectivity index (χ4n) is 1.80. The zero-order valence-electron chi connectivity index (χ0n) is 9.87. The number of thiophene rings is 1. The monoisotopic (exact) mass is 282 g/mol. The van der Waals surface area contributed by atoms with Crippen LogP contribution in [-0.4, -0.2) is 5.78 Å². The topological polar surface area (TPSA) is 17.1 Å². The summed E-state index contributed by atoms with van der Waals surface area (Å²) < 4.78 is 13.3. The summed E-state index contributed by atoms with van der Waals surface area (Å²) in [5.41, 5.74) is 1.58. The summed E-state index contributed by atoms with van der Waals surface area (Å²) in [4.78, 5) is 12.9. The molecule has 4 heteroatoms. The lowest BCUT2D eigenvalue weighted by Crippen LogP contribution is -2.04. The predicted molar refractivity (Wildman–Crippen MR) is 73.1 cm³/mol. The summed E-state index contributed by atoms with van der Waals surface area (Å²) in [6.45, 7) is 2.01. The fraction of sp³-hybridized carbons (Fsp3) is 0.214. The molecule has 0 N–H and O–H groups in total. The zero-order chi connectivity index (χ0) is 13.1. The van der Waals surface area contributed by atoms with Gasteiger partial charge in [0.15, 0.2) is 5.78 Å². The Balaban J connectivity index is 2.24. The lowest BCUT2D eigenvalue weighted by atomic mass is 10.0. The number of aryl methyl sites for hydroxylation is 1. The standard InChI is InChI=1S/C14H12ClFOS/c1-2-9-6-7-18-14(9)12(17)8-10-4-3-5-11(16)13(10)15/h3-7H,2,8H2,1H3. The van der Waals surface area contributed by atoms with E-state index in [2.05, 4.69) is 0 Å². The second kappa shape index (κ2) is 5.63. The molecule has 0 aliphatic carbocycles. The molecule has 0 radical (unpaired) electrons.